The molecule has 1 aliphatic rings. The molecule has 0 amide bonds. The minimum Gasteiger partial charge on any atom is -0.495 e. The largest absolute Gasteiger partial charge is 0.495 e. The predicted octanol–water partition coefficient (Wildman–Crippen LogP) is 3.06. The zero-order valence-electron chi connectivity index (χ0n) is 16.7. The number of methoxy groups -OCH3 is 1. The Kier molecular flexibility index (Phi) is 5.54. The van der Waals surface area contributed by atoms with Gasteiger partial charge in [-0.2, -0.15) is 4.31 Å². The Hall–Kier alpha value is -2.48. The van der Waals surface area contributed by atoms with Crippen molar-refractivity contribution in [1.82, 2.24) is 14.2 Å². The molecule has 29 heavy (non-hydrogen) atoms. The molecule has 4 rings (SSSR count). The normalized spacial score (nSPS) is 16.2. The maximum absolute atomic E-state index is 13.1. The smallest absolute Gasteiger partial charge is 0.246 e. The van der Waals surface area contributed by atoms with Crippen LogP contribution in [0.3, 0.4) is 0 Å². The zero-order valence-corrected chi connectivity index (χ0v) is 17.5. The van der Waals surface area contributed by atoms with Gasteiger partial charge in [-0.15, -0.1) is 0 Å². The van der Waals surface area contributed by atoms with Gasteiger partial charge < -0.3 is 4.74 Å². The van der Waals surface area contributed by atoms with Crippen LogP contribution in [0.4, 0.5) is 0 Å². The van der Waals surface area contributed by atoms with Gasteiger partial charge >= 0.3 is 0 Å². The summed E-state index contributed by atoms with van der Waals surface area (Å²) in [6, 6.07) is 17.4. The second-order valence-electron chi connectivity index (χ2n) is 7.33. The van der Waals surface area contributed by atoms with Crippen molar-refractivity contribution in [3.8, 4) is 5.75 Å². The molecule has 0 saturated carbocycles. The number of ether oxygens (including phenoxy) is 1. The zero-order chi connectivity index (χ0) is 20.4. The Morgan fingerprint density at radius 3 is 2.52 bits per heavy atom. The molecule has 2 heterocycles. The molecular formula is C22H25N3O3S. The Bertz CT molecular complexity index is 1120. The van der Waals surface area contributed by atoms with Crippen molar-refractivity contribution in [2.45, 2.75) is 18.4 Å². The van der Waals surface area contributed by atoms with Crippen LogP contribution in [0.25, 0.3) is 10.9 Å². The third kappa shape index (κ3) is 4.12. The molecule has 6 nitrogen and oxygen atoms in total. The van der Waals surface area contributed by atoms with Crippen molar-refractivity contribution in [2.75, 3.05) is 33.3 Å². The molecule has 0 unspecified atom stereocenters. The van der Waals surface area contributed by atoms with E-state index >= 15 is 0 Å². The van der Waals surface area contributed by atoms with E-state index in [-0.39, 0.29) is 4.90 Å². The van der Waals surface area contributed by atoms with E-state index in [0.29, 0.717) is 38.5 Å². The fourth-order valence-electron chi connectivity index (χ4n) is 3.68. The van der Waals surface area contributed by atoms with Gasteiger partial charge in [-0.05, 0) is 36.8 Å². The molecule has 1 aliphatic heterocycles. The topological polar surface area (TPSA) is 62.7 Å². The summed E-state index contributed by atoms with van der Waals surface area (Å²) in [5, 5.41) is 1.12. The summed E-state index contributed by atoms with van der Waals surface area (Å²) < 4.78 is 33.1. The van der Waals surface area contributed by atoms with Crippen LogP contribution in [0.2, 0.25) is 0 Å². The third-order valence-corrected chi connectivity index (χ3v) is 7.23. The number of nitrogens with zero attached hydrogens (tertiary/aromatic N) is 3. The van der Waals surface area contributed by atoms with Gasteiger partial charge in [0.15, 0.2) is 0 Å². The van der Waals surface area contributed by atoms with Crippen LogP contribution in [-0.4, -0.2) is 55.9 Å². The summed E-state index contributed by atoms with van der Waals surface area (Å²) in [5.41, 5.74) is 2.88. The van der Waals surface area contributed by atoms with E-state index in [4.69, 9.17) is 9.72 Å². The van der Waals surface area contributed by atoms with Crippen LogP contribution in [0, 0.1) is 6.92 Å². The van der Waals surface area contributed by atoms with Gasteiger partial charge in [0.25, 0.3) is 0 Å². The maximum Gasteiger partial charge on any atom is 0.246 e. The predicted molar refractivity (Wildman–Crippen MR) is 114 cm³/mol. The van der Waals surface area contributed by atoms with Gasteiger partial charge in [0.1, 0.15) is 10.6 Å². The van der Waals surface area contributed by atoms with Crippen molar-refractivity contribution in [3.05, 3.63) is 65.9 Å². The Balaban J connectivity index is 1.45. The highest BCUT2D eigenvalue weighted by atomic mass is 32.2. The highest BCUT2D eigenvalue weighted by Gasteiger charge is 2.31. The summed E-state index contributed by atoms with van der Waals surface area (Å²) in [6.45, 7) is 4.84. The van der Waals surface area contributed by atoms with E-state index in [2.05, 4.69) is 17.0 Å². The second-order valence-corrected chi connectivity index (χ2v) is 9.24. The van der Waals surface area contributed by atoms with Gasteiger partial charge in [0.2, 0.25) is 10.0 Å². The molecule has 0 N–H and O–H groups in total. The van der Waals surface area contributed by atoms with E-state index in [1.165, 1.54) is 7.11 Å². The first-order chi connectivity index (χ1) is 14.0. The molecule has 7 heteroatoms. The number of piperazine rings is 1. The van der Waals surface area contributed by atoms with Crippen LogP contribution >= 0.6 is 0 Å². The Labute approximate surface area is 171 Å². The molecular weight excluding hydrogens is 386 g/mol. The summed E-state index contributed by atoms with van der Waals surface area (Å²) in [7, 11) is -2.09. The number of para-hydroxylation sites is 1. The van der Waals surface area contributed by atoms with Crippen molar-refractivity contribution < 1.29 is 13.2 Å². The number of aryl methyl sites for hydroxylation is 1. The monoisotopic (exact) mass is 411 g/mol. The molecule has 0 bridgehead atoms. The summed E-state index contributed by atoms with van der Waals surface area (Å²) in [5.74, 6) is 0.387. The summed E-state index contributed by atoms with van der Waals surface area (Å²) >= 11 is 0. The number of hydrogen-bond donors (Lipinski definition) is 0. The fourth-order valence-corrected chi connectivity index (χ4v) is 5.34. The summed E-state index contributed by atoms with van der Waals surface area (Å²) in [6.07, 6.45) is 0. The minimum atomic E-state index is -3.59. The Morgan fingerprint density at radius 2 is 1.76 bits per heavy atom. The maximum atomic E-state index is 13.1. The number of hydrogen-bond acceptors (Lipinski definition) is 5. The lowest BCUT2D eigenvalue weighted by Crippen LogP contribution is -2.48. The lowest BCUT2D eigenvalue weighted by molar-refractivity contribution is 0.180. The lowest BCUT2D eigenvalue weighted by Gasteiger charge is -2.34. The highest BCUT2D eigenvalue weighted by molar-refractivity contribution is 7.89. The SMILES string of the molecule is COc1ccc(C)cc1S(=O)(=O)N1CCN(Cc2ccc3ccccc3n2)CC1. The standard InChI is InChI=1S/C22H25N3O3S/c1-17-7-10-21(28-2)22(15-17)29(26,27)25-13-11-24(12-14-25)16-19-9-8-18-5-3-4-6-20(18)23-19/h3-10,15H,11-14,16H2,1-2H3. The number of rotatable bonds is 5. The van der Waals surface area contributed by atoms with E-state index in [1.54, 1.807) is 16.4 Å². The van der Waals surface area contributed by atoms with Gasteiger partial charge in [0, 0.05) is 38.1 Å². The number of benzene rings is 2. The van der Waals surface area contributed by atoms with Gasteiger partial charge in [0.05, 0.1) is 18.3 Å². The first kappa shape index (κ1) is 19.8. The average molecular weight is 412 g/mol. The molecule has 0 atom stereocenters. The van der Waals surface area contributed by atoms with Crippen molar-refractivity contribution in [1.29, 1.82) is 0 Å². The quantitative estimate of drug-likeness (QED) is 0.646. The van der Waals surface area contributed by atoms with Crippen LogP contribution in [-0.2, 0) is 16.6 Å². The third-order valence-electron chi connectivity index (χ3n) is 5.31. The average Bonchev–Trinajstić information content (AvgIpc) is 2.74. The van der Waals surface area contributed by atoms with Gasteiger partial charge in [-0.25, -0.2) is 8.42 Å². The van der Waals surface area contributed by atoms with Crippen molar-refractivity contribution in [2.24, 2.45) is 0 Å². The van der Waals surface area contributed by atoms with Gasteiger partial charge in [-0.3, -0.25) is 9.88 Å². The Morgan fingerprint density at radius 1 is 1.00 bits per heavy atom. The fraction of sp³-hybridized carbons (Fsp3) is 0.318. The molecule has 1 aromatic heterocycles. The first-order valence-corrected chi connectivity index (χ1v) is 11.1. The van der Waals surface area contributed by atoms with Crippen LogP contribution < -0.4 is 4.74 Å². The van der Waals surface area contributed by atoms with Gasteiger partial charge in [-0.1, -0.05) is 30.3 Å². The number of fused-ring (bicyclic) bond motifs is 1. The molecule has 0 aliphatic carbocycles. The molecule has 3 aromatic rings. The number of pyridine rings is 1. The molecule has 152 valence electrons. The van der Waals surface area contributed by atoms with E-state index in [1.807, 2.05) is 37.3 Å². The number of sulfonamides is 1. The van der Waals surface area contributed by atoms with Crippen LogP contribution in [0.15, 0.2) is 59.5 Å². The molecule has 0 radical (unpaired) electrons. The van der Waals surface area contributed by atoms with E-state index < -0.39 is 10.0 Å². The second kappa shape index (κ2) is 8.10. The minimum absolute atomic E-state index is 0.240. The van der Waals surface area contributed by atoms with Crippen molar-refractivity contribution in [3.63, 3.8) is 0 Å². The van der Waals surface area contributed by atoms with Crippen molar-refractivity contribution >= 4 is 20.9 Å². The van der Waals surface area contributed by atoms with E-state index in [0.717, 1.165) is 22.2 Å². The summed E-state index contributed by atoms with van der Waals surface area (Å²) in [4.78, 5) is 7.21. The highest BCUT2D eigenvalue weighted by Crippen LogP contribution is 2.28. The molecule has 2 aromatic carbocycles. The lowest BCUT2D eigenvalue weighted by atomic mass is 10.2. The van der Waals surface area contributed by atoms with E-state index in [9.17, 15) is 8.42 Å². The number of aromatic nitrogens is 1. The molecule has 1 saturated heterocycles. The van der Waals surface area contributed by atoms with Crippen LogP contribution in [0.5, 0.6) is 5.75 Å². The molecule has 0 spiro atoms. The van der Waals surface area contributed by atoms with Crippen LogP contribution in [0.1, 0.15) is 11.3 Å². The first-order valence-electron chi connectivity index (χ1n) is 9.69. The molecule has 1 fully saturated rings.